The van der Waals surface area contributed by atoms with Crippen molar-refractivity contribution >= 4 is 35.9 Å². The van der Waals surface area contributed by atoms with Gasteiger partial charge < -0.3 is 15.0 Å². The van der Waals surface area contributed by atoms with E-state index in [0.29, 0.717) is 12.6 Å². The van der Waals surface area contributed by atoms with E-state index in [1.165, 1.54) is 18.4 Å². The largest absolute Gasteiger partial charge is 0.466 e. The van der Waals surface area contributed by atoms with E-state index in [0.717, 1.165) is 57.4 Å². The maximum atomic E-state index is 12.0. The first kappa shape index (κ1) is 25.9. The molecule has 2 heterocycles. The van der Waals surface area contributed by atoms with Gasteiger partial charge in [-0.05, 0) is 57.2 Å². The van der Waals surface area contributed by atoms with E-state index in [4.69, 9.17) is 4.74 Å². The second-order valence-corrected chi connectivity index (χ2v) is 8.59. The Bertz CT molecular complexity index is 684. The number of guanidine groups is 1. The molecule has 31 heavy (non-hydrogen) atoms. The fraction of sp³-hybridized carbons (Fsp3) is 0.667. The Hall–Kier alpha value is -1.35. The minimum Gasteiger partial charge on any atom is -0.466 e. The number of nitrogens with one attached hydrogen (secondary N) is 1. The Labute approximate surface area is 204 Å². The van der Waals surface area contributed by atoms with Crippen LogP contribution in [0.2, 0.25) is 0 Å². The number of rotatable bonds is 6. The van der Waals surface area contributed by atoms with Crippen molar-refractivity contribution in [1.29, 1.82) is 0 Å². The number of halogens is 1. The summed E-state index contributed by atoms with van der Waals surface area (Å²) in [6.07, 6.45) is 4.18. The molecule has 3 rings (SSSR count). The molecule has 0 aliphatic carbocycles. The molecule has 1 aromatic rings. The summed E-state index contributed by atoms with van der Waals surface area (Å²) < 4.78 is 5.20. The third kappa shape index (κ3) is 7.34. The predicted octanol–water partition coefficient (Wildman–Crippen LogP) is 3.93. The van der Waals surface area contributed by atoms with Gasteiger partial charge in [0.05, 0.1) is 18.6 Å². The SMILES string of the molecule is CCOC(=O)C1CCN(C(=NC)NCC(c2ccccc2)N2CCC(C)CC2)CC1.I. The quantitative estimate of drug-likeness (QED) is 0.256. The van der Waals surface area contributed by atoms with Crippen LogP contribution in [0.4, 0.5) is 0 Å². The van der Waals surface area contributed by atoms with Gasteiger partial charge in [-0.15, -0.1) is 24.0 Å². The fourth-order valence-corrected chi connectivity index (χ4v) is 4.58. The summed E-state index contributed by atoms with van der Waals surface area (Å²) in [5.41, 5.74) is 1.36. The lowest BCUT2D eigenvalue weighted by molar-refractivity contribution is -0.149. The maximum absolute atomic E-state index is 12.0. The van der Waals surface area contributed by atoms with Crippen molar-refractivity contribution in [3.8, 4) is 0 Å². The predicted molar refractivity (Wildman–Crippen MR) is 137 cm³/mol. The molecule has 7 heteroatoms. The van der Waals surface area contributed by atoms with Crippen molar-refractivity contribution in [2.45, 2.75) is 45.6 Å². The van der Waals surface area contributed by atoms with Gasteiger partial charge >= 0.3 is 5.97 Å². The van der Waals surface area contributed by atoms with Gasteiger partial charge in [0.15, 0.2) is 5.96 Å². The first-order chi connectivity index (χ1) is 14.6. The summed E-state index contributed by atoms with van der Waals surface area (Å²) in [6, 6.07) is 11.1. The van der Waals surface area contributed by atoms with E-state index in [-0.39, 0.29) is 35.9 Å². The molecule has 0 spiro atoms. The van der Waals surface area contributed by atoms with Crippen molar-refractivity contribution in [3.05, 3.63) is 35.9 Å². The summed E-state index contributed by atoms with van der Waals surface area (Å²) in [5.74, 6) is 1.72. The Morgan fingerprint density at radius 2 is 1.77 bits per heavy atom. The smallest absolute Gasteiger partial charge is 0.309 e. The molecule has 0 saturated carbocycles. The van der Waals surface area contributed by atoms with Crippen LogP contribution in [0.25, 0.3) is 0 Å². The zero-order valence-electron chi connectivity index (χ0n) is 19.3. The molecule has 1 atom stereocenters. The number of benzene rings is 1. The zero-order valence-corrected chi connectivity index (χ0v) is 21.6. The number of esters is 1. The third-order valence-corrected chi connectivity index (χ3v) is 6.52. The Morgan fingerprint density at radius 1 is 1.13 bits per heavy atom. The van der Waals surface area contributed by atoms with Gasteiger partial charge in [0.1, 0.15) is 0 Å². The number of ether oxygens (including phenoxy) is 1. The number of aliphatic imine (C=N–C) groups is 1. The van der Waals surface area contributed by atoms with Crippen LogP contribution >= 0.6 is 24.0 Å². The van der Waals surface area contributed by atoms with E-state index in [2.05, 4.69) is 57.4 Å². The third-order valence-electron chi connectivity index (χ3n) is 6.52. The number of hydrogen-bond donors (Lipinski definition) is 1. The van der Waals surface area contributed by atoms with Gasteiger partial charge in [-0.1, -0.05) is 37.3 Å². The highest BCUT2D eigenvalue weighted by Crippen LogP contribution is 2.26. The maximum Gasteiger partial charge on any atom is 0.309 e. The number of piperidine rings is 2. The fourth-order valence-electron chi connectivity index (χ4n) is 4.58. The number of hydrogen-bond acceptors (Lipinski definition) is 4. The van der Waals surface area contributed by atoms with Gasteiger partial charge in [-0.2, -0.15) is 0 Å². The average Bonchev–Trinajstić information content (AvgIpc) is 2.79. The molecular formula is C24H39IN4O2. The minimum atomic E-state index is -0.0523. The highest BCUT2D eigenvalue weighted by molar-refractivity contribution is 14.0. The highest BCUT2D eigenvalue weighted by Gasteiger charge is 2.29. The van der Waals surface area contributed by atoms with E-state index < -0.39 is 0 Å². The Balaban J connectivity index is 0.00000341. The first-order valence-corrected chi connectivity index (χ1v) is 11.5. The molecule has 2 fully saturated rings. The van der Waals surface area contributed by atoms with Crippen LogP contribution in [0, 0.1) is 11.8 Å². The summed E-state index contributed by atoms with van der Waals surface area (Å²) in [6.45, 7) is 9.47. The summed E-state index contributed by atoms with van der Waals surface area (Å²) in [5, 5.41) is 3.63. The van der Waals surface area contributed by atoms with Crippen LogP contribution in [0.1, 0.15) is 51.1 Å². The van der Waals surface area contributed by atoms with Crippen molar-refractivity contribution in [2.24, 2.45) is 16.8 Å². The van der Waals surface area contributed by atoms with Crippen molar-refractivity contribution in [3.63, 3.8) is 0 Å². The molecule has 0 amide bonds. The number of nitrogens with zero attached hydrogens (tertiary/aromatic N) is 3. The Kier molecular flexibility index (Phi) is 11.1. The normalized spacial score (nSPS) is 20.1. The number of likely N-dealkylation sites (tertiary alicyclic amines) is 2. The van der Waals surface area contributed by atoms with Gasteiger partial charge in [0.2, 0.25) is 0 Å². The summed E-state index contributed by atoms with van der Waals surface area (Å²) in [4.78, 5) is 21.4. The topological polar surface area (TPSA) is 57.2 Å². The molecule has 1 unspecified atom stereocenters. The van der Waals surface area contributed by atoms with E-state index in [1.807, 2.05) is 14.0 Å². The molecule has 0 bridgehead atoms. The van der Waals surface area contributed by atoms with Crippen molar-refractivity contribution < 1.29 is 9.53 Å². The lowest BCUT2D eigenvalue weighted by Crippen LogP contribution is -2.49. The van der Waals surface area contributed by atoms with Gasteiger partial charge in [0.25, 0.3) is 0 Å². The molecule has 1 aromatic carbocycles. The van der Waals surface area contributed by atoms with E-state index in [1.54, 1.807) is 0 Å². The zero-order chi connectivity index (χ0) is 21.3. The standard InChI is InChI=1S/C24H38N4O2.HI/c1-4-30-23(29)21-12-16-28(17-13-21)24(25-3)26-18-22(20-8-6-5-7-9-20)27-14-10-19(2)11-15-27;/h5-9,19,21-22H,4,10-18H2,1-3H3,(H,25,26);1H. The molecule has 2 aliphatic heterocycles. The van der Waals surface area contributed by atoms with Gasteiger partial charge in [0, 0.05) is 26.7 Å². The van der Waals surface area contributed by atoms with Crippen LogP contribution in [0.5, 0.6) is 0 Å². The van der Waals surface area contributed by atoms with Gasteiger partial charge in [-0.3, -0.25) is 14.7 Å². The lowest BCUT2D eigenvalue weighted by Gasteiger charge is -2.38. The molecule has 0 radical (unpaired) electrons. The van der Waals surface area contributed by atoms with Crippen LogP contribution in [-0.4, -0.2) is 68.1 Å². The van der Waals surface area contributed by atoms with Gasteiger partial charge in [-0.25, -0.2) is 0 Å². The highest BCUT2D eigenvalue weighted by atomic mass is 127. The number of carbonyl (C=O) groups excluding carboxylic acids is 1. The second kappa shape index (κ2) is 13.3. The average molecular weight is 543 g/mol. The monoisotopic (exact) mass is 542 g/mol. The number of carbonyl (C=O) groups is 1. The summed E-state index contributed by atoms with van der Waals surface area (Å²) >= 11 is 0. The lowest BCUT2D eigenvalue weighted by atomic mass is 9.95. The minimum absolute atomic E-state index is 0. The second-order valence-electron chi connectivity index (χ2n) is 8.59. The molecular weight excluding hydrogens is 503 g/mol. The molecule has 6 nitrogen and oxygen atoms in total. The van der Waals surface area contributed by atoms with Crippen LogP contribution in [0.3, 0.4) is 0 Å². The van der Waals surface area contributed by atoms with Crippen molar-refractivity contribution in [1.82, 2.24) is 15.1 Å². The first-order valence-electron chi connectivity index (χ1n) is 11.5. The molecule has 0 aromatic heterocycles. The molecule has 2 saturated heterocycles. The van der Waals surface area contributed by atoms with E-state index >= 15 is 0 Å². The van der Waals surface area contributed by atoms with Crippen molar-refractivity contribution in [2.75, 3.05) is 46.4 Å². The molecule has 2 aliphatic rings. The molecule has 174 valence electrons. The van der Waals surface area contributed by atoms with Crippen LogP contribution < -0.4 is 5.32 Å². The van der Waals surface area contributed by atoms with Crippen LogP contribution in [0.15, 0.2) is 35.3 Å². The summed E-state index contributed by atoms with van der Waals surface area (Å²) in [7, 11) is 1.85. The van der Waals surface area contributed by atoms with E-state index in [9.17, 15) is 4.79 Å². The van der Waals surface area contributed by atoms with Crippen LogP contribution in [-0.2, 0) is 9.53 Å². The molecule has 1 N–H and O–H groups in total. The Morgan fingerprint density at radius 3 is 2.35 bits per heavy atom.